The lowest BCUT2D eigenvalue weighted by Gasteiger charge is -2.27. The maximum absolute atomic E-state index is 12.1. The predicted octanol–water partition coefficient (Wildman–Crippen LogP) is -0.309. The third kappa shape index (κ3) is 3.69. The van der Waals surface area contributed by atoms with Gasteiger partial charge in [-0.3, -0.25) is 0 Å². The average Bonchev–Trinajstić information content (AvgIpc) is 2.36. The van der Waals surface area contributed by atoms with E-state index in [9.17, 15) is 8.42 Å². The van der Waals surface area contributed by atoms with Gasteiger partial charge in [-0.05, 0) is 39.9 Å². The minimum absolute atomic E-state index is 0.0651. The van der Waals surface area contributed by atoms with Crippen molar-refractivity contribution in [1.82, 2.24) is 9.21 Å². The van der Waals surface area contributed by atoms with Gasteiger partial charge in [0.25, 0.3) is 0 Å². The maximum atomic E-state index is 12.1. The molecule has 1 aliphatic heterocycles. The number of hydrogen-bond donors (Lipinski definition) is 1. The van der Waals surface area contributed by atoms with Gasteiger partial charge in [-0.25, -0.2) is 8.42 Å². The molecule has 0 aliphatic carbocycles. The first-order valence-corrected chi connectivity index (χ1v) is 7.46. The summed E-state index contributed by atoms with van der Waals surface area (Å²) in [4.78, 5) is 2.18. The summed E-state index contributed by atoms with van der Waals surface area (Å²) in [6, 6.07) is 0.0651. The Morgan fingerprint density at radius 1 is 1.38 bits per heavy atom. The highest BCUT2D eigenvalue weighted by Gasteiger charge is 2.29. The van der Waals surface area contributed by atoms with Crippen LogP contribution in [0.25, 0.3) is 0 Å². The zero-order valence-corrected chi connectivity index (χ0v) is 11.0. The molecule has 16 heavy (non-hydrogen) atoms. The highest BCUT2D eigenvalue weighted by atomic mass is 32.2. The average molecular weight is 249 g/mol. The van der Waals surface area contributed by atoms with Crippen molar-refractivity contribution in [3.05, 3.63) is 0 Å². The molecular weight excluding hydrogens is 226 g/mol. The Bertz CT molecular complexity index is 305. The molecule has 1 fully saturated rings. The summed E-state index contributed by atoms with van der Waals surface area (Å²) < 4.78 is 25.8. The molecule has 2 N–H and O–H groups in total. The van der Waals surface area contributed by atoms with Crippen molar-refractivity contribution < 1.29 is 8.42 Å². The first kappa shape index (κ1) is 13.9. The molecule has 0 aromatic rings. The van der Waals surface area contributed by atoms with Crippen LogP contribution in [-0.4, -0.2) is 62.6 Å². The molecule has 1 unspecified atom stereocenters. The molecule has 1 aliphatic rings. The predicted molar refractivity (Wildman–Crippen MR) is 65.7 cm³/mol. The van der Waals surface area contributed by atoms with Gasteiger partial charge in [-0.1, -0.05) is 0 Å². The molecule has 0 amide bonds. The Balaban J connectivity index is 2.69. The highest BCUT2D eigenvalue weighted by molar-refractivity contribution is 7.89. The van der Waals surface area contributed by atoms with E-state index in [-0.39, 0.29) is 11.8 Å². The molecule has 0 radical (unpaired) electrons. The van der Waals surface area contributed by atoms with E-state index in [4.69, 9.17) is 5.73 Å². The van der Waals surface area contributed by atoms with E-state index >= 15 is 0 Å². The normalized spacial score (nSPS) is 25.6. The molecule has 5 nitrogen and oxygen atoms in total. The third-order valence-electron chi connectivity index (χ3n) is 2.95. The minimum atomic E-state index is -3.11. The van der Waals surface area contributed by atoms with Crippen LogP contribution in [0, 0.1) is 0 Å². The van der Waals surface area contributed by atoms with Gasteiger partial charge in [0, 0.05) is 19.1 Å². The lowest BCUT2D eigenvalue weighted by Crippen LogP contribution is -2.43. The summed E-state index contributed by atoms with van der Waals surface area (Å²) in [6.07, 6.45) is 1.45. The standard InChI is InChI=1S/C10H23N3O2S/c1-10-9-12(2)6-4-7-13(10)16(14,15)8-3-5-11/h10H,3-9,11H2,1-2H3. The zero-order valence-electron chi connectivity index (χ0n) is 10.2. The first-order valence-electron chi connectivity index (χ1n) is 5.85. The number of nitrogens with zero attached hydrogens (tertiary/aromatic N) is 2. The maximum Gasteiger partial charge on any atom is 0.214 e. The number of nitrogens with two attached hydrogens (primary N) is 1. The Morgan fingerprint density at radius 2 is 2.06 bits per heavy atom. The molecule has 1 rings (SSSR count). The number of hydrogen-bond acceptors (Lipinski definition) is 4. The second-order valence-electron chi connectivity index (χ2n) is 4.53. The van der Waals surface area contributed by atoms with E-state index in [1.165, 1.54) is 0 Å². The summed E-state index contributed by atoms with van der Waals surface area (Å²) in [5.41, 5.74) is 5.36. The zero-order chi connectivity index (χ0) is 12.2. The van der Waals surface area contributed by atoms with Crippen molar-refractivity contribution in [1.29, 1.82) is 0 Å². The Hall–Kier alpha value is -0.170. The Labute approximate surface area is 98.6 Å². The molecule has 0 saturated carbocycles. The molecule has 1 atom stereocenters. The minimum Gasteiger partial charge on any atom is -0.330 e. The molecule has 1 saturated heterocycles. The second-order valence-corrected chi connectivity index (χ2v) is 6.57. The van der Waals surface area contributed by atoms with E-state index in [2.05, 4.69) is 4.90 Å². The smallest absolute Gasteiger partial charge is 0.214 e. The van der Waals surface area contributed by atoms with Gasteiger partial charge in [0.15, 0.2) is 0 Å². The molecule has 96 valence electrons. The van der Waals surface area contributed by atoms with E-state index in [0.717, 1.165) is 19.5 Å². The number of rotatable bonds is 4. The largest absolute Gasteiger partial charge is 0.330 e. The summed E-state index contributed by atoms with van der Waals surface area (Å²) in [5.74, 6) is 0.178. The van der Waals surface area contributed by atoms with E-state index < -0.39 is 10.0 Å². The molecule has 0 aromatic heterocycles. The fourth-order valence-corrected chi connectivity index (χ4v) is 3.93. The number of likely N-dealkylation sites (N-methyl/N-ethyl adjacent to an activating group) is 1. The van der Waals surface area contributed by atoms with Crippen LogP contribution in [0.3, 0.4) is 0 Å². The monoisotopic (exact) mass is 249 g/mol. The molecule has 6 heteroatoms. The van der Waals surface area contributed by atoms with Crippen LogP contribution in [0.1, 0.15) is 19.8 Å². The first-order chi connectivity index (χ1) is 7.47. The topological polar surface area (TPSA) is 66.6 Å². The fraction of sp³-hybridized carbons (Fsp3) is 1.00. The van der Waals surface area contributed by atoms with Gasteiger partial charge in [0.05, 0.1) is 5.75 Å². The van der Waals surface area contributed by atoms with Crippen molar-refractivity contribution >= 4 is 10.0 Å². The van der Waals surface area contributed by atoms with Crippen LogP contribution in [-0.2, 0) is 10.0 Å². The SMILES string of the molecule is CC1CN(C)CCCN1S(=O)(=O)CCCN. The van der Waals surface area contributed by atoms with Crippen LogP contribution < -0.4 is 5.73 Å². The number of sulfonamides is 1. The lowest BCUT2D eigenvalue weighted by atomic mass is 10.3. The van der Waals surface area contributed by atoms with Gasteiger partial charge in [-0.2, -0.15) is 4.31 Å². The van der Waals surface area contributed by atoms with Crippen LogP contribution >= 0.6 is 0 Å². The summed E-state index contributed by atoms with van der Waals surface area (Å²) in [7, 11) is -1.08. The Kier molecular flexibility index (Phi) is 5.17. The van der Waals surface area contributed by atoms with Crippen molar-refractivity contribution in [2.75, 3.05) is 39.0 Å². The fourth-order valence-electron chi connectivity index (χ4n) is 2.15. The van der Waals surface area contributed by atoms with Crippen molar-refractivity contribution in [3.8, 4) is 0 Å². The molecule has 0 spiro atoms. The quantitative estimate of drug-likeness (QED) is 0.742. The lowest BCUT2D eigenvalue weighted by molar-refractivity contribution is 0.290. The van der Waals surface area contributed by atoms with Crippen LogP contribution in [0.2, 0.25) is 0 Å². The third-order valence-corrected chi connectivity index (χ3v) is 5.01. The molecular formula is C10H23N3O2S. The van der Waals surface area contributed by atoms with Crippen LogP contribution in [0.4, 0.5) is 0 Å². The summed E-state index contributed by atoms with van der Waals surface area (Å²) in [5, 5.41) is 0. The van der Waals surface area contributed by atoms with E-state index in [1.54, 1.807) is 4.31 Å². The van der Waals surface area contributed by atoms with Gasteiger partial charge < -0.3 is 10.6 Å². The van der Waals surface area contributed by atoms with Gasteiger partial charge in [0.2, 0.25) is 10.0 Å². The van der Waals surface area contributed by atoms with Gasteiger partial charge >= 0.3 is 0 Å². The van der Waals surface area contributed by atoms with Crippen LogP contribution in [0.15, 0.2) is 0 Å². The van der Waals surface area contributed by atoms with Gasteiger partial charge in [-0.15, -0.1) is 0 Å². The van der Waals surface area contributed by atoms with E-state index in [1.807, 2.05) is 14.0 Å². The van der Waals surface area contributed by atoms with Crippen molar-refractivity contribution in [2.24, 2.45) is 5.73 Å². The van der Waals surface area contributed by atoms with Gasteiger partial charge in [0.1, 0.15) is 0 Å². The summed E-state index contributed by atoms with van der Waals surface area (Å²) >= 11 is 0. The summed E-state index contributed by atoms with van der Waals surface area (Å²) in [6.45, 7) is 4.82. The molecule has 0 bridgehead atoms. The second kappa shape index (κ2) is 5.95. The van der Waals surface area contributed by atoms with E-state index in [0.29, 0.717) is 19.5 Å². The molecule has 0 aromatic carbocycles. The highest BCUT2D eigenvalue weighted by Crippen LogP contribution is 2.14. The Morgan fingerprint density at radius 3 is 2.69 bits per heavy atom. The van der Waals surface area contributed by atoms with Crippen LogP contribution in [0.5, 0.6) is 0 Å². The molecule has 1 heterocycles. The van der Waals surface area contributed by atoms with Crippen molar-refractivity contribution in [3.63, 3.8) is 0 Å². The van der Waals surface area contributed by atoms with Crippen molar-refractivity contribution in [2.45, 2.75) is 25.8 Å².